The first-order valence-electron chi connectivity index (χ1n) is 7.40. The van der Waals surface area contributed by atoms with Crippen LogP contribution in [0.3, 0.4) is 0 Å². The van der Waals surface area contributed by atoms with Crippen LogP contribution < -0.4 is 5.32 Å². The summed E-state index contributed by atoms with van der Waals surface area (Å²) in [6.07, 6.45) is 1.26. The van der Waals surface area contributed by atoms with Gasteiger partial charge in [0.05, 0.1) is 12.7 Å². The van der Waals surface area contributed by atoms with E-state index in [0.717, 1.165) is 36.2 Å². The van der Waals surface area contributed by atoms with Crippen molar-refractivity contribution in [3.05, 3.63) is 59.4 Å². The summed E-state index contributed by atoms with van der Waals surface area (Å²) >= 11 is 0. The summed E-state index contributed by atoms with van der Waals surface area (Å²) in [4.78, 5) is 0. The van der Waals surface area contributed by atoms with Gasteiger partial charge in [0.1, 0.15) is 5.82 Å². The Bertz CT molecular complexity index is 620. The summed E-state index contributed by atoms with van der Waals surface area (Å²) in [7, 11) is 0. The minimum atomic E-state index is -0.213. The van der Waals surface area contributed by atoms with Crippen LogP contribution in [-0.2, 0) is 11.3 Å². The van der Waals surface area contributed by atoms with Gasteiger partial charge in [-0.15, -0.1) is 0 Å². The molecule has 1 N–H and O–H groups in total. The van der Waals surface area contributed by atoms with Crippen molar-refractivity contribution >= 4 is 0 Å². The Morgan fingerprint density at radius 1 is 1.24 bits per heavy atom. The van der Waals surface area contributed by atoms with Crippen LogP contribution in [0.25, 0.3) is 11.1 Å². The van der Waals surface area contributed by atoms with E-state index in [0.29, 0.717) is 6.61 Å². The monoisotopic (exact) mass is 285 g/mol. The van der Waals surface area contributed by atoms with Crippen LogP contribution in [0.4, 0.5) is 4.39 Å². The highest BCUT2D eigenvalue weighted by Gasteiger charge is 2.16. The van der Waals surface area contributed by atoms with Gasteiger partial charge in [-0.3, -0.25) is 0 Å². The number of ether oxygens (including phenoxy) is 1. The average molecular weight is 285 g/mol. The highest BCUT2D eigenvalue weighted by atomic mass is 19.1. The molecular formula is C18H20FNO. The lowest BCUT2D eigenvalue weighted by Gasteiger charge is -2.14. The zero-order valence-corrected chi connectivity index (χ0v) is 12.2. The first kappa shape index (κ1) is 14.2. The highest BCUT2D eigenvalue weighted by molar-refractivity contribution is 5.67. The van der Waals surface area contributed by atoms with Crippen molar-refractivity contribution in [2.45, 2.75) is 26.1 Å². The van der Waals surface area contributed by atoms with Gasteiger partial charge in [0, 0.05) is 6.54 Å². The molecule has 3 rings (SSSR count). The van der Waals surface area contributed by atoms with Gasteiger partial charge in [-0.1, -0.05) is 35.9 Å². The molecule has 0 saturated carbocycles. The van der Waals surface area contributed by atoms with Crippen molar-refractivity contribution in [1.29, 1.82) is 0 Å². The van der Waals surface area contributed by atoms with E-state index in [1.807, 2.05) is 12.1 Å². The van der Waals surface area contributed by atoms with E-state index in [1.54, 1.807) is 6.07 Å². The first-order chi connectivity index (χ1) is 10.2. The lowest BCUT2D eigenvalue weighted by molar-refractivity contribution is 0.0543. The predicted molar refractivity (Wildman–Crippen MR) is 82.6 cm³/mol. The second kappa shape index (κ2) is 6.37. The van der Waals surface area contributed by atoms with E-state index < -0.39 is 0 Å². The van der Waals surface area contributed by atoms with Gasteiger partial charge in [0.15, 0.2) is 0 Å². The number of benzene rings is 2. The fraction of sp³-hybridized carbons (Fsp3) is 0.333. The maximum Gasteiger partial charge on any atom is 0.123 e. The maximum absolute atomic E-state index is 13.6. The molecule has 1 fully saturated rings. The standard InChI is InChI=1S/C18H20FNO/c1-13-3-2-4-14(9-13)18-6-5-16(19)10-15(18)12-21-17-7-8-20-11-17/h2-6,9-10,17,20H,7-8,11-12H2,1H3. The summed E-state index contributed by atoms with van der Waals surface area (Å²) in [6.45, 7) is 4.40. The van der Waals surface area contributed by atoms with Crippen molar-refractivity contribution in [3.63, 3.8) is 0 Å². The van der Waals surface area contributed by atoms with Crippen LogP contribution in [0.5, 0.6) is 0 Å². The number of halogens is 1. The SMILES string of the molecule is Cc1cccc(-c2ccc(F)cc2COC2CCNC2)c1. The lowest BCUT2D eigenvalue weighted by Crippen LogP contribution is -2.16. The second-order valence-electron chi connectivity index (χ2n) is 5.60. The van der Waals surface area contributed by atoms with Gasteiger partial charge >= 0.3 is 0 Å². The minimum Gasteiger partial charge on any atom is -0.372 e. The largest absolute Gasteiger partial charge is 0.372 e. The van der Waals surface area contributed by atoms with E-state index in [2.05, 4.69) is 30.4 Å². The van der Waals surface area contributed by atoms with Gasteiger partial charge in [0.2, 0.25) is 0 Å². The second-order valence-corrected chi connectivity index (χ2v) is 5.60. The molecule has 1 aliphatic rings. The average Bonchev–Trinajstić information content (AvgIpc) is 2.98. The molecule has 1 saturated heterocycles. The molecule has 0 radical (unpaired) electrons. The molecule has 0 bridgehead atoms. The molecule has 1 atom stereocenters. The Kier molecular flexibility index (Phi) is 4.32. The van der Waals surface area contributed by atoms with E-state index in [1.165, 1.54) is 11.6 Å². The van der Waals surface area contributed by atoms with Crippen molar-refractivity contribution < 1.29 is 9.13 Å². The Balaban J connectivity index is 1.85. The molecule has 1 heterocycles. The highest BCUT2D eigenvalue weighted by Crippen LogP contribution is 2.26. The molecule has 1 aliphatic heterocycles. The predicted octanol–water partition coefficient (Wildman–Crippen LogP) is 3.68. The molecule has 0 aromatic heterocycles. The van der Waals surface area contributed by atoms with Gasteiger partial charge in [0.25, 0.3) is 0 Å². The molecule has 3 heteroatoms. The number of hydrogen-bond donors (Lipinski definition) is 1. The van der Waals surface area contributed by atoms with Crippen LogP contribution in [0, 0.1) is 12.7 Å². The van der Waals surface area contributed by atoms with Crippen molar-refractivity contribution in [1.82, 2.24) is 5.32 Å². The van der Waals surface area contributed by atoms with Crippen LogP contribution >= 0.6 is 0 Å². The van der Waals surface area contributed by atoms with E-state index in [4.69, 9.17) is 4.74 Å². The van der Waals surface area contributed by atoms with Crippen LogP contribution in [0.15, 0.2) is 42.5 Å². The Labute approximate surface area is 125 Å². The first-order valence-corrected chi connectivity index (χ1v) is 7.40. The third-order valence-corrected chi connectivity index (χ3v) is 3.89. The minimum absolute atomic E-state index is 0.213. The zero-order chi connectivity index (χ0) is 14.7. The molecule has 0 aliphatic carbocycles. The van der Waals surface area contributed by atoms with Gasteiger partial charge in [-0.25, -0.2) is 4.39 Å². The molecular weight excluding hydrogens is 265 g/mol. The number of rotatable bonds is 4. The third kappa shape index (κ3) is 3.49. The molecule has 21 heavy (non-hydrogen) atoms. The smallest absolute Gasteiger partial charge is 0.123 e. The third-order valence-electron chi connectivity index (χ3n) is 3.89. The molecule has 0 amide bonds. The van der Waals surface area contributed by atoms with Crippen molar-refractivity contribution in [2.24, 2.45) is 0 Å². The fourth-order valence-electron chi connectivity index (χ4n) is 2.75. The maximum atomic E-state index is 13.6. The summed E-state index contributed by atoms with van der Waals surface area (Å²) in [5.74, 6) is -0.213. The van der Waals surface area contributed by atoms with E-state index in [-0.39, 0.29) is 11.9 Å². The number of aryl methyl sites for hydroxylation is 1. The van der Waals surface area contributed by atoms with Crippen LogP contribution in [0.2, 0.25) is 0 Å². The van der Waals surface area contributed by atoms with E-state index >= 15 is 0 Å². The number of nitrogens with one attached hydrogen (secondary N) is 1. The summed E-state index contributed by atoms with van der Waals surface area (Å²) in [5.41, 5.74) is 4.26. The van der Waals surface area contributed by atoms with Crippen LogP contribution in [-0.4, -0.2) is 19.2 Å². The zero-order valence-electron chi connectivity index (χ0n) is 12.2. The van der Waals surface area contributed by atoms with Gasteiger partial charge in [-0.05, 0) is 48.7 Å². The molecule has 2 aromatic rings. The summed E-state index contributed by atoms with van der Waals surface area (Å²) < 4.78 is 19.5. The fourth-order valence-corrected chi connectivity index (χ4v) is 2.75. The summed E-state index contributed by atoms with van der Waals surface area (Å²) in [5, 5.41) is 3.27. The van der Waals surface area contributed by atoms with Crippen molar-refractivity contribution in [2.75, 3.05) is 13.1 Å². The lowest BCUT2D eigenvalue weighted by atomic mass is 9.98. The Morgan fingerprint density at radius 3 is 2.90 bits per heavy atom. The molecule has 1 unspecified atom stereocenters. The van der Waals surface area contributed by atoms with Crippen molar-refractivity contribution in [3.8, 4) is 11.1 Å². The van der Waals surface area contributed by atoms with Gasteiger partial charge in [-0.2, -0.15) is 0 Å². The quantitative estimate of drug-likeness (QED) is 0.925. The van der Waals surface area contributed by atoms with Crippen LogP contribution in [0.1, 0.15) is 17.5 Å². The van der Waals surface area contributed by atoms with E-state index in [9.17, 15) is 4.39 Å². The number of hydrogen-bond acceptors (Lipinski definition) is 2. The molecule has 110 valence electrons. The molecule has 2 nitrogen and oxygen atoms in total. The summed E-state index contributed by atoms with van der Waals surface area (Å²) in [6, 6.07) is 13.2. The molecule has 0 spiro atoms. The normalized spacial score (nSPS) is 18.1. The Hall–Kier alpha value is -1.71. The van der Waals surface area contributed by atoms with Gasteiger partial charge < -0.3 is 10.1 Å². The molecule has 2 aromatic carbocycles. The topological polar surface area (TPSA) is 21.3 Å². The Morgan fingerprint density at radius 2 is 2.14 bits per heavy atom.